The van der Waals surface area contributed by atoms with Gasteiger partial charge in [0.2, 0.25) is 0 Å². The second kappa shape index (κ2) is 8.23. The standard InChI is InChI=1S/C10H14O7S.H2S/c11-3-5-16-8-1-2-9(17-6-4-12)10(7-8)18(13,14)15;/h1-2,7,11-12H,3-6H2,(H,13,14,15);1H2. The highest BCUT2D eigenvalue weighted by Gasteiger charge is 2.18. The Hall–Kier alpha value is -1.00. The van der Waals surface area contributed by atoms with Crippen molar-refractivity contribution in [3.8, 4) is 11.5 Å². The highest BCUT2D eigenvalue weighted by Crippen LogP contribution is 2.28. The van der Waals surface area contributed by atoms with E-state index < -0.39 is 15.0 Å². The normalized spacial score (nSPS) is 10.7. The van der Waals surface area contributed by atoms with Gasteiger partial charge in [-0.1, -0.05) is 0 Å². The molecule has 0 amide bonds. The van der Waals surface area contributed by atoms with Crippen molar-refractivity contribution in [2.24, 2.45) is 0 Å². The Morgan fingerprint density at radius 1 is 1.05 bits per heavy atom. The Morgan fingerprint density at radius 3 is 2.16 bits per heavy atom. The summed E-state index contributed by atoms with van der Waals surface area (Å²) >= 11 is 0. The van der Waals surface area contributed by atoms with Crippen LogP contribution in [0.3, 0.4) is 0 Å². The van der Waals surface area contributed by atoms with Gasteiger partial charge in [-0.2, -0.15) is 21.9 Å². The maximum atomic E-state index is 11.2. The molecular formula is C10H16O7S2. The molecule has 0 aliphatic rings. The van der Waals surface area contributed by atoms with Crippen LogP contribution in [0, 0.1) is 0 Å². The summed E-state index contributed by atoms with van der Waals surface area (Å²) in [7, 11) is -4.46. The molecule has 19 heavy (non-hydrogen) atoms. The van der Waals surface area contributed by atoms with Gasteiger partial charge in [0.1, 0.15) is 29.6 Å². The van der Waals surface area contributed by atoms with Gasteiger partial charge in [-0.25, -0.2) is 0 Å². The van der Waals surface area contributed by atoms with Crippen molar-refractivity contribution in [3.05, 3.63) is 18.2 Å². The molecule has 0 saturated heterocycles. The van der Waals surface area contributed by atoms with E-state index in [0.717, 1.165) is 6.07 Å². The van der Waals surface area contributed by atoms with E-state index in [1.54, 1.807) is 0 Å². The molecule has 0 atom stereocenters. The van der Waals surface area contributed by atoms with Crippen LogP contribution in [0.5, 0.6) is 11.5 Å². The first-order chi connectivity index (χ1) is 8.49. The van der Waals surface area contributed by atoms with E-state index >= 15 is 0 Å². The quantitative estimate of drug-likeness (QED) is 0.597. The number of hydrogen-bond donors (Lipinski definition) is 3. The summed E-state index contributed by atoms with van der Waals surface area (Å²) < 4.78 is 41.3. The molecule has 9 heteroatoms. The SMILES string of the molecule is O=S(=O)(O)c1cc(OCCO)ccc1OCCO.S. The molecule has 0 spiro atoms. The smallest absolute Gasteiger partial charge is 0.298 e. The topological polar surface area (TPSA) is 113 Å². The van der Waals surface area contributed by atoms with E-state index in [9.17, 15) is 8.42 Å². The number of ether oxygens (including phenoxy) is 2. The number of aliphatic hydroxyl groups excluding tert-OH is 2. The molecule has 0 bridgehead atoms. The molecule has 0 saturated carbocycles. The van der Waals surface area contributed by atoms with E-state index in [2.05, 4.69) is 0 Å². The number of hydrogen-bond acceptors (Lipinski definition) is 6. The van der Waals surface area contributed by atoms with Crippen LogP contribution in [0.25, 0.3) is 0 Å². The fraction of sp³-hybridized carbons (Fsp3) is 0.400. The summed E-state index contributed by atoms with van der Waals surface area (Å²) in [5.74, 6) is 0.0934. The minimum Gasteiger partial charge on any atom is -0.491 e. The van der Waals surface area contributed by atoms with E-state index in [1.165, 1.54) is 12.1 Å². The molecule has 0 radical (unpaired) electrons. The first-order valence-electron chi connectivity index (χ1n) is 5.08. The summed E-state index contributed by atoms with van der Waals surface area (Å²) in [6.45, 7) is -0.598. The van der Waals surface area contributed by atoms with Crippen LogP contribution >= 0.6 is 13.5 Å². The zero-order chi connectivity index (χ0) is 13.6. The lowest BCUT2D eigenvalue weighted by atomic mass is 10.3. The molecule has 7 nitrogen and oxygen atoms in total. The molecule has 0 aliphatic carbocycles. The largest absolute Gasteiger partial charge is 0.491 e. The maximum Gasteiger partial charge on any atom is 0.298 e. The summed E-state index contributed by atoms with van der Waals surface area (Å²) in [6.07, 6.45) is 0. The second-order valence-electron chi connectivity index (χ2n) is 3.23. The molecule has 3 N–H and O–H groups in total. The summed E-state index contributed by atoms with van der Waals surface area (Å²) in [4.78, 5) is -0.452. The minimum absolute atomic E-state index is 0. The Bertz CT molecular complexity index is 487. The third-order valence-corrected chi connectivity index (χ3v) is 2.78. The lowest BCUT2D eigenvalue weighted by molar-refractivity contribution is 0.195. The molecule has 0 heterocycles. The van der Waals surface area contributed by atoms with E-state index in [0.29, 0.717) is 0 Å². The number of rotatable bonds is 7. The molecule has 1 rings (SSSR count). The van der Waals surface area contributed by atoms with Crippen molar-refractivity contribution in [3.63, 3.8) is 0 Å². The van der Waals surface area contributed by atoms with Crippen molar-refractivity contribution in [2.45, 2.75) is 4.90 Å². The molecule has 1 aromatic rings. The van der Waals surface area contributed by atoms with Gasteiger partial charge in [-0.15, -0.1) is 0 Å². The molecule has 0 aliphatic heterocycles. The first-order valence-corrected chi connectivity index (χ1v) is 6.52. The zero-order valence-corrected chi connectivity index (χ0v) is 11.8. The van der Waals surface area contributed by atoms with Gasteiger partial charge in [-0.3, -0.25) is 4.55 Å². The van der Waals surface area contributed by atoms with Crippen LogP contribution < -0.4 is 9.47 Å². The minimum atomic E-state index is -4.46. The molecule has 0 fully saturated rings. The summed E-state index contributed by atoms with van der Waals surface area (Å²) in [5.41, 5.74) is 0. The third kappa shape index (κ3) is 5.66. The molecule has 110 valence electrons. The predicted octanol–water partition coefficient (Wildman–Crippen LogP) is -0.212. The van der Waals surface area contributed by atoms with Crippen LogP contribution in [0.15, 0.2) is 23.1 Å². The average molecular weight is 312 g/mol. The third-order valence-electron chi connectivity index (χ3n) is 1.90. The second-order valence-corrected chi connectivity index (χ2v) is 4.62. The number of benzene rings is 1. The van der Waals surface area contributed by atoms with Gasteiger partial charge in [0.25, 0.3) is 10.1 Å². The maximum absolute atomic E-state index is 11.2. The molecular weight excluding hydrogens is 296 g/mol. The van der Waals surface area contributed by atoms with Gasteiger partial charge in [-0.05, 0) is 12.1 Å². The van der Waals surface area contributed by atoms with Gasteiger partial charge in [0.05, 0.1) is 13.2 Å². The van der Waals surface area contributed by atoms with Gasteiger partial charge in [0, 0.05) is 6.07 Å². The van der Waals surface area contributed by atoms with E-state index in [1.807, 2.05) is 0 Å². The van der Waals surface area contributed by atoms with Crippen LogP contribution in [-0.2, 0) is 10.1 Å². The van der Waals surface area contributed by atoms with Crippen molar-refractivity contribution in [1.82, 2.24) is 0 Å². The lowest BCUT2D eigenvalue weighted by Crippen LogP contribution is -2.08. The average Bonchev–Trinajstić information content (AvgIpc) is 2.33. The Balaban J connectivity index is 0.00000324. The number of aliphatic hydroxyl groups is 2. The van der Waals surface area contributed by atoms with Crippen LogP contribution in [-0.4, -0.2) is 49.6 Å². The highest BCUT2D eigenvalue weighted by molar-refractivity contribution is 7.86. The van der Waals surface area contributed by atoms with Crippen molar-refractivity contribution in [1.29, 1.82) is 0 Å². The molecule has 0 unspecified atom stereocenters. The fourth-order valence-corrected chi connectivity index (χ4v) is 1.86. The fourth-order valence-electron chi connectivity index (χ4n) is 1.22. The van der Waals surface area contributed by atoms with Gasteiger partial charge >= 0.3 is 0 Å². The highest BCUT2D eigenvalue weighted by atomic mass is 32.2. The van der Waals surface area contributed by atoms with Gasteiger partial charge in [0.15, 0.2) is 0 Å². The summed E-state index contributed by atoms with van der Waals surface area (Å²) in [5, 5.41) is 17.2. The van der Waals surface area contributed by atoms with Crippen molar-refractivity contribution >= 4 is 23.6 Å². The van der Waals surface area contributed by atoms with E-state index in [4.69, 9.17) is 24.2 Å². The predicted molar refractivity (Wildman–Crippen MR) is 71.8 cm³/mol. The van der Waals surface area contributed by atoms with Crippen LogP contribution in [0.1, 0.15) is 0 Å². The van der Waals surface area contributed by atoms with Gasteiger partial charge < -0.3 is 19.7 Å². The van der Waals surface area contributed by atoms with Crippen molar-refractivity contribution < 1.29 is 32.7 Å². The van der Waals surface area contributed by atoms with Crippen LogP contribution in [0.4, 0.5) is 0 Å². The first kappa shape index (κ1) is 18.0. The van der Waals surface area contributed by atoms with Crippen molar-refractivity contribution in [2.75, 3.05) is 26.4 Å². The Labute approximate surface area is 118 Å². The molecule has 1 aromatic carbocycles. The Morgan fingerprint density at radius 2 is 1.63 bits per heavy atom. The van der Waals surface area contributed by atoms with Crippen LogP contribution in [0.2, 0.25) is 0 Å². The zero-order valence-electron chi connectivity index (χ0n) is 9.94. The molecule has 0 aromatic heterocycles. The summed E-state index contributed by atoms with van der Waals surface area (Å²) in [6, 6.07) is 3.81. The van der Waals surface area contributed by atoms with E-state index in [-0.39, 0.29) is 51.4 Å². The Kier molecular flexibility index (Phi) is 7.79. The monoisotopic (exact) mass is 312 g/mol. The lowest BCUT2D eigenvalue weighted by Gasteiger charge is -2.11.